The van der Waals surface area contributed by atoms with E-state index in [0.717, 1.165) is 0 Å². The number of hydrogen-bond acceptors (Lipinski definition) is 5. The molecule has 1 N–H and O–H groups in total. The first-order chi connectivity index (χ1) is 8.02. The number of hydrogen-bond donors (Lipinski definition) is 1. The largest absolute Gasteiger partial charge is 0.308 e. The topological polar surface area (TPSA) is 71.0 Å². The van der Waals surface area contributed by atoms with Crippen LogP contribution in [0.5, 0.6) is 0 Å². The average Bonchev–Trinajstić information content (AvgIpc) is 2.84. The third-order valence-corrected chi connectivity index (χ3v) is 3.44. The number of nitrogens with one attached hydrogen (secondary N) is 1. The van der Waals surface area contributed by atoms with Crippen molar-refractivity contribution >= 4 is 34.4 Å². The summed E-state index contributed by atoms with van der Waals surface area (Å²) < 4.78 is 16.4. The van der Waals surface area contributed by atoms with Gasteiger partial charge in [-0.2, -0.15) is 5.10 Å². The van der Waals surface area contributed by atoms with E-state index in [1.54, 1.807) is 6.92 Å². The van der Waals surface area contributed by atoms with Crippen molar-refractivity contribution < 1.29 is 13.2 Å². The van der Waals surface area contributed by atoms with Crippen molar-refractivity contribution in [3.63, 3.8) is 0 Å². The third kappa shape index (κ3) is 2.22. The van der Waals surface area contributed by atoms with Crippen LogP contribution in [-0.4, -0.2) is 39.9 Å². The fraction of sp³-hybridized carbons (Fsp3) is 0.556. The zero-order chi connectivity index (χ0) is 12.6. The van der Waals surface area contributed by atoms with Crippen molar-refractivity contribution in [2.45, 2.75) is 19.6 Å². The molecule has 0 aromatic heterocycles. The molecule has 0 aromatic carbocycles. The molecule has 0 spiro atoms. The van der Waals surface area contributed by atoms with Crippen molar-refractivity contribution in [1.29, 1.82) is 0 Å². The number of hydrazone groups is 1. The Kier molecular flexibility index (Phi) is 3.50. The summed E-state index contributed by atoms with van der Waals surface area (Å²) in [5, 5.41) is 4.11. The van der Waals surface area contributed by atoms with Crippen LogP contribution >= 0.6 is 11.6 Å². The lowest BCUT2D eigenvalue weighted by atomic mass is 10.3. The highest BCUT2D eigenvalue weighted by molar-refractivity contribution is 7.79. The molecule has 17 heavy (non-hydrogen) atoms. The van der Waals surface area contributed by atoms with Gasteiger partial charge in [-0.05, 0) is 6.92 Å². The molecule has 0 saturated carbocycles. The first kappa shape index (κ1) is 12.5. The Morgan fingerprint density at radius 3 is 2.88 bits per heavy atom. The number of amides is 1. The Bertz CT molecular complexity index is 449. The lowest BCUT2D eigenvalue weighted by Gasteiger charge is -2.23. The SMILES string of the molecule is CC1=C(Cl)C(=O)N(C2=NNCC2)C1OS(C)=O. The zero-order valence-corrected chi connectivity index (χ0v) is 11.0. The van der Waals surface area contributed by atoms with Crippen LogP contribution in [-0.2, 0) is 20.1 Å². The molecule has 2 atom stereocenters. The quantitative estimate of drug-likeness (QED) is 0.787. The molecule has 2 aliphatic heterocycles. The van der Waals surface area contributed by atoms with Gasteiger partial charge in [0.15, 0.2) is 17.3 Å². The number of amidine groups is 1. The molecule has 6 nitrogen and oxygen atoms in total. The number of carbonyl (C=O) groups excluding carboxylic acids is 1. The molecule has 94 valence electrons. The van der Waals surface area contributed by atoms with Gasteiger partial charge in [-0.1, -0.05) is 11.6 Å². The Hall–Kier alpha value is -0.920. The van der Waals surface area contributed by atoms with Crippen molar-refractivity contribution in [2.24, 2.45) is 5.10 Å². The second-order valence-electron chi connectivity index (χ2n) is 3.71. The maximum atomic E-state index is 11.9. The molecule has 2 unspecified atom stereocenters. The minimum Gasteiger partial charge on any atom is -0.308 e. The van der Waals surface area contributed by atoms with E-state index in [4.69, 9.17) is 15.8 Å². The summed E-state index contributed by atoms with van der Waals surface area (Å²) in [5.41, 5.74) is 3.33. The smallest absolute Gasteiger partial charge is 0.273 e. The number of rotatable bonds is 2. The summed E-state index contributed by atoms with van der Waals surface area (Å²) in [6.45, 7) is 2.35. The minimum atomic E-state index is -1.49. The van der Waals surface area contributed by atoms with E-state index in [1.807, 2.05) is 0 Å². The normalized spacial score (nSPS) is 26.3. The van der Waals surface area contributed by atoms with Crippen LogP contribution in [0.1, 0.15) is 13.3 Å². The highest BCUT2D eigenvalue weighted by Gasteiger charge is 2.41. The number of nitrogens with zero attached hydrogens (tertiary/aromatic N) is 2. The van der Waals surface area contributed by atoms with Crippen molar-refractivity contribution in [3.05, 3.63) is 10.6 Å². The molecule has 2 heterocycles. The number of carbonyl (C=O) groups is 1. The van der Waals surface area contributed by atoms with E-state index >= 15 is 0 Å². The lowest BCUT2D eigenvalue weighted by Crippen LogP contribution is -2.41. The van der Waals surface area contributed by atoms with Crippen molar-refractivity contribution in [3.8, 4) is 0 Å². The van der Waals surface area contributed by atoms with Gasteiger partial charge in [0.1, 0.15) is 10.9 Å². The first-order valence-electron chi connectivity index (χ1n) is 5.02. The predicted molar refractivity (Wildman–Crippen MR) is 64.4 cm³/mol. The van der Waals surface area contributed by atoms with Crippen LogP contribution in [0.2, 0.25) is 0 Å². The summed E-state index contributed by atoms with van der Waals surface area (Å²) in [5.74, 6) is 0.197. The van der Waals surface area contributed by atoms with E-state index in [1.165, 1.54) is 11.2 Å². The van der Waals surface area contributed by atoms with Gasteiger partial charge in [-0.15, -0.1) is 0 Å². The van der Waals surface area contributed by atoms with Crippen LogP contribution < -0.4 is 5.43 Å². The second-order valence-corrected chi connectivity index (χ2v) is 5.08. The van der Waals surface area contributed by atoms with Crippen LogP contribution in [0.3, 0.4) is 0 Å². The van der Waals surface area contributed by atoms with Gasteiger partial charge in [0.2, 0.25) is 0 Å². The highest BCUT2D eigenvalue weighted by Crippen LogP contribution is 2.30. The maximum absolute atomic E-state index is 11.9. The van der Waals surface area contributed by atoms with Gasteiger partial charge in [0, 0.05) is 24.8 Å². The molecule has 8 heteroatoms. The van der Waals surface area contributed by atoms with Crippen molar-refractivity contribution in [1.82, 2.24) is 10.3 Å². The van der Waals surface area contributed by atoms with Gasteiger partial charge in [0.25, 0.3) is 5.91 Å². The number of halogens is 1. The minimum absolute atomic E-state index is 0.107. The first-order valence-corrected chi connectivity index (χ1v) is 6.88. The second kappa shape index (κ2) is 4.75. The zero-order valence-electron chi connectivity index (χ0n) is 9.40. The fourth-order valence-electron chi connectivity index (χ4n) is 1.72. The van der Waals surface area contributed by atoms with Gasteiger partial charge in [-0.25, -0.2) is 4.21 Å². The fourth-order valence-corrected chi connectivity index (χ4v) is 2.40. The molecule has 0 fully saturated rings. The van der Waals surface area contributed by atoms with Crippen LogP contribution in [0.4, 0.5) is 0 Å². The van der Waals surface area contributed by atoms with Gasteiger partial charge in [0.05, 0.1) is 0 Å². The maximum Gasteiger partial charge on any atom is 0.273 e. The van der Waals surface area contributed by atoms with E-state index < -0.39 is 17.3 Å². The molecule has 2 aliphatic rings. The molecule has 2 rings (SSSR count). The average molecular weight is 278 g/mol. The monoisotopic (exact) mass is 277 g/mol. The predicted octanol–water partition coefficient (Wildman–Crippen LogP) is 0.284. The standard InChI is InChI=1S/C9H12ClN3O3S/c1-5-7(10)8(14)13(6-3-4-11-12-6)9(5)16-17(2)15/h9,11H,3-4H2,1-2H3. The van der Waals surface area contributed by atoms with E-state index in [2.05, 4.69) is 10.5 Å². The van der Waals surface area contributed by atoms with Crippen LogP contribution in [0.25, 0.3) is 0 Å². The summed E-state index contributed by atoms with van der Waals surface area (Å²) in [7, 11) is 0. The van der Waals surface area contributed by atoms with Crippen LogP contribution in [0.15, 0.2) is 15.7 Å². The van der Waals surface area contributed by atoms with Gasteiger partial charge < -0.3 is 5.43 Å². The molecular formula is C9H12ClN3O3S. The Balaban J connectivity index is 2.30. The molecular weight excluding hydrogens is 266 g/mol. The molecule has 0 aliphatic carbocycles. The van der Waals surface area contributed by atoms with Crippen LogP contribution in [0, 0.1) is 0 Å². The Morgan fingerprint density at radius 2 is 2.35 bits per heavy atom. The molecule has 0 saturated heterocycles. The van der Waals surface area contributed by atoms with Crippen molar-refractivity contribution in [2.75, 3.05) is 12.8 Å². The molecule has 0 radical (unpaired) electrons. The summed E-state index contributed by atoms with van der Waals surface area (Å²) >= 11 is 4.41. The van der Waals surface area contributed by atoms with Gasteiger partial charge in [-0.3, -0.25) is 13.9 Å². The van der Waals surface area contributed by atoms with Gasteiger partial charge >= 0.3 is 0 Å². The van der Waals surface area contributed by atoms with E-state index in [9.17, 15) is 9.00 Å². The Labute approximate surface area is 106 Å². The molecule has 0 aromatic rings. The highest BCUT2D eigenvalue weighted by atomic mass is 35.5. The van der Waals surface area contributed by atoms with E-state index in [0.29, 0.717) is 24.4 Å². The lowest BCUT2D eigenvalue weighted by molar-refractivity contribution is -0.125. The van der Waals surface area contributed by atoms with E-state index in [-0.39, 0.29) is 10.9 Å². The molecule has 1 amide bonds. The molecule has 0 bridgehead atoms. The summed E-state index contributed by atoms with van der Waals surface area (Å²) in [6, 6.07) is 0. The summed E-state index contributed by atoms with van der Waals surface area (Å²) in [4.78, 5) is 13.3. The summed E-state index contributed by atoms with van der Waals surface area (Å²) in [6.07, 6.45) is 1.29. The third-order valence-electron chi connectivity index (χ3n) is 2.53. The Morgan fingerprint density at radius 1 is 1.65 bits per heavy atom.